The second-order valence-corrected chi connectivity index (χ2v) is 9.38. The van der Waals surface area contributed by atoms with E-state index >= 15 is 0 Å². The number of rotatable bonds is 7. The maximum absolute atomic E-state index is 11.7. The molecule has 0 saturated carbocycles. The third kappa shape index (κ3) is 5.44. The van der Waals surface area contributed by atoms with E-state index in [-0.39, 0.29) is 11.3 Å². The Morgan fingerprint density at radius 1 is 1.07 bits per heavy atom. The zero-order valence-electron chi connectivity index (χ0n) is 16.3. The molecule has 1 aromatic heterocycles. The molecule has 6 nitrogen and oxygen atoms in total. The first-order chi connectivity index (χ1) is 14.3. The fraction of sp³-hybridized carbons (Fsp3) is 0.182. The van der Waals surface area contributed by atoms with Crippen LogP contribution in [0, 0.1) is 0 Å². The van der Waals surface area contributed by atoms with Gasteiger partial charge < -0.3 is 0 Å². The molecule has 3 aromatic rings. The molecule has 156 valence electrons. The van der Waals surface area contributed by atoms with Crippen molar-refractivity contribution >= 4 is 27.3 Å². The van der Waals surface area contributed by atoms with Crippen LogP contribution in [-0.4, -0.2) is 30.8 Å². The van der Waals surface area contributed by atoms with E-state index in [2.05, 4.69) is 4.98 Å². The van der Waals surface area contributed by atoms with Crippen molar-refractivity contribution in [3.63, 3.8) is 0 Å². The molecule has 0 bridgehead atoms. The molecule has 1 amide bonds. The van der Waals surface area contributed by atoms with Gasteiger partial charge in [-0.2, -0.15) is 0 Å². The zero-order valence-corrected chi connectivity index (χ0v) is 17.9. The largest absolute Gasteiger partial charge is 0.289 e. The van der Waals surface area contributed by atoms with Crippen LogP contribution in [0.15, 0.2) is 65.7 Å². The topological polar surface area (TPSA) is 96.4 Å². The van der Waals surface area contributed by atoms with Gasteiger partial charge in [0.1, 0.15) is 0 Å². The molecule has 0 aliphatic rings. The Morgan fingerprint density at radius 3 is 2.30 bits per heavy atom. The number of halogens is 1. The number of amides is 1. The van der Waals surface area contributed by atoms with Crippen molar-refractivity contribution in [2.45, 2.75) is 24.2 Å². The molecule has 0 atom stereocenters. The molecule has 1 heterocycles. The van der Waals surface area contributed by atoms with Crippen molar-refractivity contribution < 1.29 is 18.4 Å². The molecular weight excluding hydrogens is 424 g/mol. The highest BCUT2D eigenvalue weighted by atomic mass is 35.5. The number of aryl methyl sites for hydroxylation is 1. The molecule has 30 heavy (non-hydrogen) atoms. The lowest BCUT2D eigenvalue weighted by Gasteiger charge is -2.12. The molecule has 0 spiro atoms. The number of aromatic nitrogens is 1. The quantitative estimate of drug-likeness (QED) is 0.418. The van der Waals surface area contributed by atoms with Crippen LogP contribution in [0.1, 0.15) is 18.4 Å². The van der Waals surface area contributed by atoms with Gasteiger partial charge in [0.15, 0.2) is 9.84 Å². The van der Waals surface area contributed by atoms with E-state index in [1.165, 1.54) is 6.26 Å². The van der Waals surface area contributed by atoms with Crippen molar-refractivity contribution in [1.29, 1.82) is 0 Å². The van der Waals surface area contributed by atoms with Crippen molar-refractivity contribution in [2.24, 2.45) is 0 Å². The fourth-order valence-corrected chi connectivity index (χ4v) is 3.85. The first-order valence-corrected chi connectivity index (χ1v) is 11.5. The van der Waals surface area contributed by atoms with E-state index in [0.29, 0.717) is 23.6 Å². The first-order valence-electron chi connectivity index (χ1n) is 9.26. The lowest BCUT2D eigenvalue weighted by Crippen LogP contribution is -2.18. The van der Waals surface area contributed by atoms with Crippen LogP contribution in [0.2, 0.25) is 5.02 Å². The summed E-state index contributed by atoms with van der Waals surface area (Å²) in [5, 5.41) is 9.24. The van der Waals surface area contributed by atoms with Gasteiger partial charge in [-0.15, -0.1) is 0 Å². The highest BCUT2D eigenvalue weighted by Crippen LogP contribution is 2.32. The molecule has 0 radical (unpaired) electrons. The third-order valence-corrected chi connectivity index (χ3v) is 6.03. The molecule has 3 rings (SSSR count). The summed E-state index contributed by atoms with van der Waals surface area (Å²) in [5.74, 6) is -0.427. The van der Waals surface area contributed by atoms with E-state index in [4.69, 9.17) is 16.8 Å². The predicted octanol–water partition coefficient (Wildman–Crippen LogP) is 4.30. The maximum Gasteiger partial charge on any atom is 0.243 e. The Kier molecular flexibility index (Phi) is 6.87. The van der Waals surface area contributed by atoms with Crippen molar-refractivity contribution in [3.05, 3.63) is 71.4 Å². The van der Waals surface area contributed by atoms with Gasteiger partial charge in [0.25, 0.3) is 0 Å². The van der Waals surface area contributed by atoms with Crippen LogP contribution < -0.4 is 5.48 Å². The Balaban J connectivity index is 1.99. The van der Waals surface area contributed by atoms with Gasteiger partial charge in [0.2, 0.25) is 5.91 Å². The number of hydrogen-bond donors (Lipinski definition) is 2. The predicted molar refractivity (Wildman–Crippen MR) is 116 cm³/mol. The summed E-state index contributed by atoms with van der Waals surface area (Å²) in [6.45, 7) is 0. The average Bonchev–Trinajstić information content (AvgIpc) is 2.73. The second-order valence-electron chi connectivity index (χ2n) is 6.93. The number of benzene rings is 2. The Morgan fingerprint density at radius 2 is 1.70 bits per heavy atom. The lowest BCUT2D eigenvalue weighted by atomic mass is 9.96. The monoisotopic (exact) mass is 444 g/mol. The Labute approximate surface area is 180 Å². The minimum Gasteiger partial charge on any atom is -0.289 e. The Hall–Kier alpha value is -2.74. The minimum absolute atomic E-state index is 0.210. The van der Waals surface area contributed by atoms with Gasteiger partial charge in [-0.3, -0.25) is 15.0 Å². The van der Waals surface area contributed by atoms with E-state index in [1.807, 2.05) is 18.2 Å². The van der Waals surface area contributed by atoms with Crippen LogP contribution in [0.4, 0.5) is 0 Å². The van der Waals surface area contributed by atoms with Crippen LogP contribution >= 0.6 is 11.6 Å². The summed E-state index contributed by atoms with van der Waals surface area (Å²) in [7, 11) is -3.28. The number of hydrogen-bond acceptors (Lipinski definition) is 5. The number of carbonyl (C=O) groups excluding carboxylic acids is 1. The van der Waals surface area contributed by atoms with Crippen LogP contribution in [0.25, 0.3) is 22.4 Å². The van der Waals surface area contributed by atoms with Gasteiger partial charge in [-0.25, -0.2) is 13.9 Å². The van der Waals surface area contributed by atoms with E-state index < -0.39 is 15.7 Å². The van der Waals surface area contributed by atoms with Gasteiger partial charge >= 0.3 is 0 Å². The van der Waals surface area contributed by atoms with Crippen molar-refractivity contribution in [2.75, 3.05) is 6.26 Å². The SMILES string of the molecule is CS(=O)(=O)c1ccc(-c2ncc(CCCC(=O)NO)cc2-c2ccc(Cl)cc2)cc1. The molecule has 0 unspecified atom stereocenters. The summed E-state index contributed by atoms with van der Waals surface area (Å²) in [6, 6.07) is 16.0. The number of pyridine rings is 1. The summed E-state index contributed by atoms with van der Waals surface area (Å²) in [4.78, 5) is 16.1. The van der Waals surface area contributed by atoms with E-state index in [1.54, 1.807) is 48.1 Å². The van der Waals surface area contributed by atoms with Crippen LogP contribution in [0.5, 0.6) is 0 Å². The Bertz CT molecular complexity index is 1140. The molecule has 0 aliphatic carbocycles. The molecule has 2 aromatic carbocycles. The van der Waals surface area contributed by atoms with Crippen molar-refractivity contribution in [1.82, 2.24) is 10.5 Å². The van der Waals surface area contributed by atoms with Gasteiger partial charge in [0, 0.05) is 35.0 Å². The van der Waals surface area contributed by atoms with E-state index in [9.17, 15) is 13.2 Å². The highest BCUT2D eigenvalue weighted by Gasteiger charge is 2.13. The van der Waals surface area contributed by atoms with Gasteiger partial charge in [-0.05, 0) is 54.3 Å². The molecule has 0 saturated heterocycles. The minimum atomic E-state index is -3.28. The highest BCUT2D eigenvalue weighted by molar-refractivity contribution is 7.90. The fourth-order valence-electron chi connectivity index (χ4n) is 3.09. The number of hydroxylamine groups is 1. The standard InChI is InChI=1S/C22H21ClN2O4S/c1-30(28,29)19-11-7-17(8-12-19)22-20(16-5-9-18(23)10-6-16)13-15(14-24-22)3-2-4-21(26)25-27/h5-14,27H,2-4H2,1H3,(H,25,26). The summed E-state index contributed by atoms with van der Waals surface area (Å²) >= 11 is 6.03. The lowest BCUT2D eigenvalue weighted by molar-refractivity contribution is -0.129. The third-order valence-electron chi connectivity index (χ3n) is 4.65. The van der Waals surface area contributed by atoms with Gasteiger partial charge in [0.05, 0.1) is 10.6 Å². The van der Waals surface area contributed by atoms with Crippen molar-refractivity contribution in [3.8, 4) is 22.4 Å². The average molecular weight is 445 g/mol. The normalized spacial score (nSPS) is 11.3. The maximum atomic E-state index is 11.7. The number of nitrogens with one attached hydrogen (secondary N) is 1. The summed E-state index contributed by atoms with van der Waals surface area (Å²) in [5.41, 5.74) is 5.88. The molecular formula is C22H21ClN2O4S. The number of carbonyl (C=O) groups is 1. The smallest absolute Gasteiger partial charge is 0.243 e. The first kappa shape index (κ1) is 22.0. The van der Waals surface area contributed by atoms with Crippen LogP contribution in [-0.2, 0) is 21.1 Å². The molecule has 0 fully saturated rings. The number of sulfone groups is 1. The molecule has 8 heteroatoms. The summed E-state index contributed by atoms with van der Waals surface area (Å²) in [6.07, 6.45) is 4.31. The van der Waals surface area contributed by atoms with Crippen LogP contribution in [0.3, 0.4) is 0 Å². The molecule has 0 aliphatic heterocycles. The second kappa shape index (κ2) is 9.38. The number of nitrogens with zero attached hydrogens (tertiary/aromatic N) is 1. The zero-order chi connectivity index (χ0) is 21.7. The summed E-state index contributed by atoms with van der Waals surface area (Å²) < 4.78 is 23.5. The van der Waals surface area contributed by atoms with E-state index in [0.717, 1.165) is 22.3 Å². The van der Waals surface area contributed by atoms with Gasteiger partial charge in [-0.1, -0.05) is 35.9 Å². The molecule has 2 N–H and O–H groups in total.